The SMILES string of the molecule is O=Cc1ccc(C(=O)F)cc1. The highest BCUT2D eigenvalue weighted by atomic mass is 19.1. The molecule has 1 aromatic carbocycles. The molecule has 0 fully saturated rings. The summed E-state index contributed by atoms with van der Waals surface area (Å²) in [5.74, 6) is 0. The van der Waals surface area contributed by atoms with Gasteiger partial charge < -0.3 is 0 Å². The second-order valence-electron chi connectivity index (χ2n) is 2.01. The van der Waals surface area contributed by atoms with Crippen LogP contribution in [0.2, 0.25) is 0 Å². The lowest BCUT2D eigenvalue weighted by Gasteiger charge is -1.91. The summed E-state index contributed by atoms with van der Waals surface area (Å²) >= 11 is 0. The van der Waals surface area contributed by atoms with Crippen LogP contribution in [0.4, 0.5) is 4.39 Å². The maximum Gasteiger partial charge on any atom is 0.332 e. The van der Waals surface area contributed by atoms with Gasteiger partial charge in [-0.3, -0.25) is 9.59 Å². The van der Waals surface area contributed by atoms with Crippen molar-refractivity contribution in [2.24, 2.45) is 0 Å². The molecule has 0 amide bonds. The minimum Gasteiger partial charge on any atom is -0.298 e. The van der Waals surface area contributed by atoms with Crippen LogP contribution in [0.5, 0.6) is 0 Å². The van der Waals surface area contributed by atoms with Crippen molar-refractivity contribution < 1.29 is 14.0 Å². The average molecular weight is 152 g/mol. The minimum absolute atomic E-state index is 0.0319. The van der Waals surface area contributed by atoms with Crippen molar-refractivity contribution in [3.63, 3.8) is 0 Å². The lowest BCUT2D eigenvalue weighted by molar-refractivity contribution is 0.0835. The predicted octanol–water partition coefficient (Wildman–Crippen LogP) is 1.61. The second-order valence-corrected chi connectivity index (χ2v) is 2.01. The fraction of sp³-hybridized carbons (Fsp3) is 0. The molecule has 0 aliphatic carbocycles. The summed E-state index contributed by atoms with van der Waals surface area (Å²) < 4.78 is 11.9. The number of hydrogen-bond acceptors (Lipinski definition) is 2. The zero-order valence-electron chi connectivity index (χ0n) is 5.58. The maximum atomic E-state index is 11.9. The fourth-order valence-electron chi connectivity index (χ4n) is 0.693. The second kappa shape index (κ2) is 3.05. The van der Waals surface area contributed by atoms with E-state index in [-0.39, 0.29) is 5.56 Å². The molecule has 1 aromatic rings. The zero-order valence-corrected chi connectivity index (χ0v) is 5.58. The van der Waals surface area contributed by atoms with Gasteiger partial charge in [0.25, 0.3) is 0 Å². The summed E-state index contributed by atoms with van der Waals surface area (Å²) in [6.07, 6.45) is 0.631. The molecule has 0 unspecified atom stereocenters. The molecule has 0 atom stereocenters. The molecular weight excluding hydrogens is 147 g/mol. The van der Waals surface area contributed by atoms with Gasteiger partial charge in [0.05, 0.1) is 5.56 Å². The first-order chi connectivity index (χ1) is 5.24. The molecule has 0 aromatic heterocycles. The van der Waals surface area contributed by atoms with Crippen molar-refractivity contribution in [1.82, 2.24) is 0 Å². The smallest absolute Gasteiger partial charge is 0.298 e. The Labute approximate surface area is 62.6 Å². The van der Waals surface area contributed by atoms with Gasteiger partial charge in [-0.1, -0.05) is 12.1 Å². The molecule has 11 heavy (non-hydrogen) atoms. The van der Waals surface area contributed by atoms with E-state index in [9.17, 15) is 14.0 Å². The van der Waals surface area contributed by atoms with Gasteiger partial charge in [-0.15, -0.1) is 0 Å². The van der Waals surface area contributed by atoms with Crippen molar-refractivity contribution >= 4 is 12.3 Å². The van der Waals surface area contributed by atoms with E-state index in [0.717, 1.165) is 0 Å². The quantitative estimate of drug-likeness (QED) is 0.476. The van der Waals surface area contributed by atoms with Crippen LogP contribution in [-0.4, -0.2) is 12.3 Å². The van der Waals surface area contributed by atoms with Crippen LogP contribution in [0, 0.1) is 0 Å². The summed E-state index contributed by atoms with van der Waals surface area (Å²) in [4.78, 5) is 20.2. The molecule has 0 aliphatic rings. The average Bonchev–Trinajstić information content (AvgIpc) is 2.05. The molecule has 2 nitrogen and oxygen atoms in total. The first-order valence-corrected chi connectivity index (χ1v) is 2.99. The van der Waals surface area contributed by atoms with Gasteiger partial charge in [0.2, 0.25) is 0 Å². The number of hydrogen-bond donors (Lipinski definition) is 0. The maximum absolute atomic E-state index is 11.9. The standard InChI is InChI=1S/C8H5FO2/c9-8(11)7-3-1-6(5-10)2-4-7/h1-5H. The van der Waals surface area contributed by atoms with Gasteiger partial charge in [0.1, 0.15) is 6.29 Å². The molecule has 0 aliphatic heterocycles. The normalized spacial score (nSPS) is 9.18. The van der Waals surface area contributed by atoms with Gasteiger partial charge in [-0.05, 0) is 12.1 Å². The molecule has 0 heterocycles. The Hall–Kier alpha value is -1.51. The molecule has 0 saturated carbocycles. The summed E-state index contributed by atoms with van der Waals surface area (Å²) in [7, 11) is 0. The Morgan fingerprint density at radius 2 is 1.82 bits per heavy atom. The van der Waals surface area contributed by atoms with Crippen LogP contribution in [0.1, 0.15) is 20.7 Å². The van der Waals surface area contributed by atoms with Gasteiger partial charge >= 0.3 is 6.04 Å². The number of benzene rings is 1. The van der Waals surface area contributed by atoms with E-state index < -0.39 is 6.04 Å². The predicted molar refractivity (Wildman–Crippen MR) is 37.3 cm³/mol. The van der Waals surface area contributed by atoms with Crippen molar-refractivity contribution in [1.29, 1.82) is 0 Å². The fourth-order valence-corrected chi connectivity index (χ4v) is 0.693. The molecule has 56 valence electrons. The number of carbonyl (C=O) groups is 2. The molecule has 0 saturated heterocycles. The molecule has 0 spiro atoms. The highest BCUT2D eigenvalue weighted by molar-refractivity contribution is 5.89. The third-order valence-corrected chi connectivity index (χ3v) is 1.27. The van der Waals surface area contributed by atoms with Gasteiger partial charge in [0, 0.05) is 5.56 Å². The van der Waals surface area contributed by atoms with Crippen molar-refractivity contribution in [3.8, 4) is 0 Å². The van der Waals surface area contributed by atoms with E-state index in [1.54, 1.807) is 0 Å². The first kappa shape index (κ1) is 7.60. The van der Waals surface area contributed by atoms with E-state index >= 15 is 0 Å². The third kappa shape index (κ3) is 1.70. The summed E-state index contributed by atoms with van der Waals surface area (Å²) in [5, 5.41) is 0. The number of halogens is 1. The number of aldehydes is 1. The Balaban J connectivity index is 3.00. The monoisotopic (exact) mass is 152 g/mol. The van der Waals surface area contributed by atoms with E-state index in [2.05, 4.69) is 0 Å². The van der Waals surface area contributed by atoms with Crippen LogP contribution in [0.15, 0.2) is 24.3 Å². The van der Waals surface area contributed by atoms with Crippen LogP contribution >= 0.6 is 0 Å². The third-order valence-electron chi connectivity index (χ3n) is 1.27. The molecule has 3 heteroatoms. The highest BCUT2D eigenvalue weighted by Crippen LogP contribution is 2.03. The Bertz CT molecular complexity index is 277. The van der Waals surface area contributed by atoms with Gasteiger partial charge in [-0.25, -0.2) is 0 Å². The first-order valence-electron chi connectivity index (χ1n) is 2.99. The molecule has 0 bridgehead atoms. The molecule has 1 rings (SSSR count). The molecule has 0 N–H and O–H groups in total. The Morgan fingerprint density at radius 1 is 1.27 bits per heavy atom. The summed E-state index contributed by atoms with van der Waals surface area (Å²) in [6, 6.07) is 3.83. The topological polar surface area (TPSA) is 34.1 Å². The molecular formula is C8H5FO2. The van der Waals surface area contributed by atoms with Crippen molar-refractivity contribution in [2.45, 2.75) is 0 Å². The summed E-state index contributed by atoms with van der Waals surface area (Å²) in [6.45, 7) is 0. The van der Waals surface area contributed by atoms with Crippen LogP contribution in [-0.2, 0) is 0 Å². The largest absolute Gasteiger partial charge is 0.332 e. The van der Waals surface area contributed by atoms with Gasteiger partial charge in [0.15, 0.2) is 0 Å². The van der Waals surface area contributed by atoms with Crippen LogP contribution < -0.4 is 0 Å². The Morgan fingerprint density at radius 3 is 2.18 bits per heavy atom. The van der Waals surface area contributed by atoms with Crippen molar-refractivity contribution in [2.75, 3.05) is 0 Å². The van der Waals surface area contributed by atoms with E-state index in [1.165, 1.54) is 24.3 Å². The lowest BCUT2D eigenvalue weighted by Crippen LogP contribution is -1.89. The number of carbonyl (C=O) groups excluding carboxylic acids is 2. The molecule has 0 radical (unpaired) electrons. The van der Waals surface area contributed by atoms with E-state index in [4.69, 9.17) is 0 Å². The summed E-state index contributed by atoms with van der Waals surface area (Å²) in [5.41, 5.74) is 0.394. The lowest BCUT2D eigenvalue weighted by atomic mass is 10.2. The number of rotatable bonds is 2. The van der Waals surface area contributed by atoms with Gasteiger partial charge in [-0.2, -0.15) is 4.39 Å². The van der Waals surface area contributed by atoms with Crippen LogP contribution in [0.3, 0.4) is 0 Å². The Kier molecular flexibility index (Phi) is 2.11. The van der Waals surface area contributed by atoms with E-state index in [0.29, 0.717) is 11.8 Å². The van der Waals surface area contributed by atoms with E-state index in [1.807, 2.05) is 0 Å². The van der Waals surface area contributed by atoms with Crippen molar-refractivity contribution in [3.05, 3.63) is 35.4 Å². The van der Waals surface area contributed by atoms with Crippen LogP contribution in [0.25, 0.3) is 0 Å². The highest BCUT2D eigenvalue weighted by Gasteiger charge is 2.01. The minimum atomic E-state index is -1.48. The zero-order chi connectivity index (χ0) is 8.27.